The summed E-state index contributed by atoms with van der Waals surface area (Å²) in [4.78, 5) is 3.02. The fraction of sp³-hybridized carbons (Fsp3) is 0.200. The fourth-order valence-electron chi connectivity index (χ4n) is 1.29. The van der Waals surface area contributed by atoms with E-state index in [2.05, 4.69) is 4.98 Å². The average molecular weight is 225 g/mol. The third-order valence-electron chi connectivity index (χ3n) is 2.10. The van der Waals surface area contributed by atoms with Crippen LogP contribution in [0.5, 0.6) is 5.75 Å². The van der Waals surface area contributed by atoms with Gasteiger partial charge >= 0.3 is 10.1 Å². The van der Waals surface area contributed by atoms with Gasteiger partial charge in [0.2, 0.25) is 0 Å². The number of aromatic amines is 1. The van der Waals surface area contributed by atoms with E-state index in [1.54, 1.807) is 31.3 Å². The number of fused-ring (bicyclic) bond motifs is 1. The number of H-pyrrole nitrogens is 1. The Balaban J connectivity index is 2.37. The topological polar surface area (TPSA) is 59.2 Å². The Kier molecular flexibility index (Phi) is 2.40. The summed E-state index contributed by atoms with van der Waals surface area (Å²) in [5.41, 5.74) is 0.955. The van der Waals surface area contributed by atoms with E-state index >= 15 is 0 Å². The van der Waals surface area contributed by atoms with Gasteiger partial charge in [0.15, 0.2) is 0 Å². The second-order valence-electron chi connectivity index (χ2n) is 3.16. The van der Waals surface area contributed by atoms with Crippen molar-refractivity contribution in [3.63, 3.8) is 0 Å². The molecule has 80 valence electrons. The molecule has 0 aliphatic carbocycles. The van der Waals surface area contributed by atoms with Crippen LogP contribution in [0.3, 0.4) is 0 Å². The molecular formula is C10H11NO3S. The van der Waals surface area contributed by atoms with Gasteiger partial charge in [0, 0.05) is 17.1 Å². The van der Waals surface area contributed by atoms with Gasteiger partial charge in [-0.25, -0.2) is 0 Å². The maximum Gasteiger partial charge on any atom is 0.308 e. The smallest absolute Gasteiger partial charge is 0.308 e. The summed E-state index contributed by atoms with van der Waals surface area (Å²) in [6, 6.07) is 6.97. The van der Waals surface area contributed by atoms with Crippen molar-refractivity contribution in [3.05, 3.63) is 30.5 Å². The molecule has 0 saturated carbocycles. The maximum atomic E-state index is 11.2. The van der Waals surface area contributed by atoms with Crippen LogP contribution in [0.15, 0.2) is 30.5 Å². The molecule has 0 bridgehead atoms. The highest BCUT2D eigenvalue weighted by Gasteiger charge is 2.09. The zero-order valence-electron chi connectivity index (χ0n) is 8.23. The third kappa shape index (κ3) is 2.12. The summed E-state index contributed by atoms with van der Waals surface area (Å²) >= 11 is 0. The largest absolute Gasteiger partial charge is 0.382 e. The van der Waals surface area contributed by atoms with E-state index in [9.17, 15) is 8.42 Å². The Morgan fingerprint density at radius 2 is 2.13 bits per heavy atom. The SMILES string of the molecule is CCS(=O)(=O)Oc1ccc2[nH]ccc2c1. The summed E-state index contributed by atoms with van der Waals surface area (Å²) in [5, 5.41) is 0.929. The molecule has 0 saturated heterocycles. The van der Waals surface area contributed by atoms with Crippen LogP contribution in [0, 0.1) is 0 Å². The van der Waals surface area contributed by atoms with E-state index in [1.807, 2.05) is 6.07 Å². The van der Waals surface area contributed by atoms with Crippen molar-refractivity contribution in [2.45, 2.75) is 6.92 Å². The normalized spacial score (nSPS) is 11.8. The van der Waals surface area contributed by atoms with Gasteiger partial charge in [0.25, 0.3) is 0 Å². The van der Waals surface area contributed by atoms with Crippen LogP contribution in [-0.4, -0.2) is 19.2 Å². The van der Waals surface area contributed by atoms with Crippen LogP contribution in [0.25, 0.3) is 10.9 Å². The van der Waals surface area contributed by atoms with E-state index in [1.165, 1.54) is 0 Å². The van der Waals surface area contributed by atoms with Crippen LogP contribution in [0.4, 0.5) is 0 Å². The number of aromatic nitrogens is 1. The van der Waals surface area contributed by atoms with Crippen molar-refractivity contribution in [3.8, 4) is 5.75 Å². The molecule has 1 aromatic heterocycles. The van der Waals surface area contributed by atoms with Gasteiger partial charge in [0.05, 0.1) is 5.75 Å². The van der Waals surface area contributed by atoms with Gasteiger partial charge < -0.3 is 9.17 Å². The van der Waals surface area contributed by atoms with Gasteiger partial charge in [-0.2, -0.15) is 8.42 Å². The van der Waals surface area contributed by atoms with E-state index in [4.69, 9.17) is 4.18 Å². The second-order valence-corrected chi connectivity index (χ2v) is 5.02. The van der Waals surface area contributed by atoms with Crippen LogP contribution >= 0.6 is 0 Å². The quantitative estimate of drug-likeness (QED) is 0.811. The van der Waals surface area contributed by atoms with Gasteiger partial charge in [0.1, 0.15) is 5.75 Å². The lowest BCUT2D eigenvalue weighted by molar-refractivity contribution is 0.488. The summed E-state index contributed by atoms with van der Waals surface area (Å²) in [6.07, 6.45) is 1.79. The Morgan fingerprint density at radius 1 is 1.33 bits per heavy atom. The molecule has 15 heavy (non-hydrogen) atoms. The lowest BCUT2D eigenvalue weighted by Gasteiger charge is -2.04. The van der Waals surface area contributed by atoms with E-state index < -0.39 is 10.1 Å². The van der Waals surface area contributed by atoms with Gasteiger partial charge in [-0.05, 0) is 31.2 Å². The average Bonchev–Trinajstić information content (AvgIpc) is 2.64. The minimum Gasteiger partial charge on any atom is -0.382 e. The van der Waals surface area contributed by atoms with Crippen molar-refractivity contribution in [2.75, 3.05) is 5.75 Å². The zero-order valence-corrected chi connectivity index (χ0v) is 9.04. The third-order valence-corrected chi connectivity index (χ3v) is 3.25. The Bertz CT molecular complexity index is 571. The Morgan fingerprint density at radius 3 is 2.87 bits per heavy atom. The molecule has 1 aromatic carbocycles. The molecule has 0 aliphatic heterocycles. The Hall–Kier alpha value is -1.49. The van der Waals surface area contributed by atoms with Crippen LogP contribution in [0.1, 0.15) is 6.92 Å². The van der Waals surface area contributed by atoms with Gasteiger partial charge in [-0.1, -0.05) is 0 Å². The summed E-state index contributed by atoms with van der Waals surface area (Å²) in [5.74, 6) is 0.321. The van der Waals surface area contributed by atoms with E-state index in [-0.39, 0.29) is 5.75 Å². The molecule has 0 radical (unpaired) electrons. The number of nitrogens with one attached hydrogen (secondary N) is 1. The molecule has 5 heteroatoms. The minimum atomic E-state index is -3.43. The number of hydrogen-bond acceptors (Lipinski definition) is 3. The molecule has 4 nitrogen and oxygen atoms in total. The molecular weight excluding hydrogens is 214 g/mol. The van der Waals surface area contributed by atoms with Gasteiger partial charge in [-0.15, -0.1) is 0 Å². The second kappa shape index (κ2) is 3.58. The predicted molar refractivity (Wildman–Crippen MR) is 58.4 cm³/mol. The van der Waals surface area contributed by atoms with E-state index in [0.717, 1.165) is 10.9 Å². The van der Waals surface area contributed by atoms with Crippen LogP contribution in [-0.2, 0) is 10.1 Å². The molecule has 0 amide bonds. The molecule has 1 N–H and O–H groups in total. The van der Waals surface area contributed by atoms with Crippen LogP contribution < -0.4 is 4.18 Å². The summed E-state index contributed by atoms with van der Waals surface area (Å²) < 4.78 is 27.3. The van der Waals surface area contributed by atoms with Crippen molar-refractivity contribution >= 4 is 21.0 Å². The highest BCUT2D eigenvalue weighted by atomic mass is 32.2. The highest BCUT2D eigenvalue weighted by molar-refractivity contribution is 7.87. The fourth-order valence-corrected chi connectivity index (χ4v) is 1.80. The standard InChI is InChI=1S/C10H11NO3S/c1-2-15(12,13)14-9-3-4-10-8(7-9)5-6-11-10/h3-7,11H,2H2,1H3. The van der Waals surface area contributed by atoms with Crippen molar-refractivity contribution in [1.82, 2.24) is 4.98 Å². The van der Waals surface area contributed by atoms with Crippen molar-refractivity contribution in [2.24, 2.45) is 0 Å². The zero-order chi connectivity index (χ0) is 10.9. The first kappa shape index (κ1) is 10.0. The van der Waals surface area contributed by atoms with Crippen LogP contribution in [0.2, 0.25) is 0 Å². The van der Waals surface area contributed by atoms with Crippen molar-refractivity contribution < 1.29 is 12.6 Å². The predicted octanol–water partition coefficient (Wildman–Crippen LogP) is 1.90. The van der Waals surface area contributed by atoms with Crippen molar-refractivity contribution in [1.29, 1.82) is 0 Å². The maximum absolute atomic E-state index is 11.2. The monoisotopic (exact) mass is 225 g/mol. The minimum absolute atomic E-state index is 0.0296. The first-order valence-corrected chi connectivity index (χ1v) is 6.18. The molecule has 0 unspecified atom stereocenters. The molecule has 0 fully saturated rings. The highest BCUT2D eigenvalue weighted by Crippen LogP contribution is 2.20. The molecule has 0 spiro atoms. The molecule has 1 heterocycles. The van der Waals surface area contributed by atoms with Gasteiger partial charge in [-0.3, -0.25) is 0 Å². The lowest BCUT2D eigenvalue weighted by atomic mass is 10.2. The molecule has 2 aromatic rings. The molecule has 2 rings (SSSR count). The molecule has 0 atom stereocenters. The number of rotatable bonds is 3. The number of hydrogen-bond donors (Lipinski definition) is 1. The molecule has 0 aliphatic rings. The summed E-state index contributed by atoms with van der Waals surface area (Å²) in [6.45, 7) is 1.55. The van der Waals surface area contributed by atoms with E-state index in [0.29, 0.717) is 5.75 Å². The first-order chi connectivity index (χ1) is 7.11. The first-order valence-electron chi connectivity index (χ1n) is 4.60. The number of benzene rings is 1. The lowest BCUT2D eigenvalue weighted by Crippen LogP contribution is -2.11. The summed E-state index contributed by atoms with van der Waals surface area (Å²) in [7, 11) is -3.43. The Labute approximate surface area is 88.0 Å².